The smallest absolute Gasteiger partial charge is 0.00765 e. The van der Waals surface area contributed by atoms with Crippen LogP contribution < -0.4 is 5.73 Å². The molecule has 2 N–H and O–H groups in total. The van der Waals surface area contributed by atoms with Gasteiger partial charge in [-0.1, -0.05) is 11.5 Å². The number of nitrogens with two attached hydrogens (primary N) is 1. The SMILES string of the molecule is CC#C/C=C1/CCCC(N)C1. The van der Waals surface area contributed by atoms with Gasteiger partial charge in [-0.2, -0.15) is 0 Å². The van der Waals surface area contributed by atoms with E-state index in [0.29, 0.717) is 6.04 Å². The molecule has 0 aromatic carbocycles. The van der Waals surface area contributed by atoms with Crippen LogP contribution >= 0.6 is 0 Å². The summed E-state index contributed by atoms with van der Waals surface area (Å²) in [5, 5.41) is 0. The average Bonchev–Trinajstić information content (AvgIpc) is 2.01. The summed E-state index contributed by atoms with van der Waals surface area (Å²) in [5.41, 5.74) is 7.24. The second kappa shape index (κ2) is 4.20. The molecule has 0 radical (unpaired) electrons. The molecule has 0 spiro atoms. The summed E-state index contributed by atoms with van der Waals surface area (Å²) in [7, 11) is 0. The summed E-state index contributed by atoms with van der Waals surface area (Å²) >= 11 is 0. The zero-order valence-corrected chi connectivity index (χ0v) is 7.06. The van der Waals surface area contributed by atoms with E-state index in [9.17, 15) is 0 Å². The van der Waals surface area contributed by atoms with Gasteiger partial charge in [-0.3, -0.25) is 0 Å². The van der Waals surface area contributed by atoms with E-state index in [1.165, 1.54) is 24.8 Å². The molecule has 1 saturated carbocycles. The molecule has 0 amide bonds. The second-order valence-corrected chi connectivity index (χ2v) is 3.05. The third-order valence-electron chi connectivity index (χ3n) is 2.02. The number of hydrogen-bond donors (Lipinski definition) is 1. The lowest BCUT2D eigenvalue weighted by molar-refractivity contribution is 0.518. The highest BCUT2D eigenvalue weighted by atomic mass is 14.6. The van der Waals surface area contributed by atoms with Crippen molar-refractivity contribution in [2.24, 2.45) is 5.73 Å². The van der Waals surface area contributed by atoms with Crippen LogP contribution in [0.5, 0.6) is 0 Å². The van der Waals surface area contributed by atoms with Crippen molar-refractivity contribution in [1.82, 2.24) is 0 Å². The standard InChI is InChI=1S/C10H15N/c1-2-3-5-9-6-4-7-10(11)8-9/h5,10H,4,6-8,11H2,1H3/b9-5-. The fourth-order valence-corrected chi connectivity index (χ4v) is 1.44. The van der Waals surface area contributed by atoms with Crippen LogP contribution in [0.3, 0.4) is 0 Å². The lowest BCUT2D eigenvalue weighted by atomic mass is 9.91. The quantitative estimate of drug-likeness (QED) is 0.522. The maximum Gasteiger partial charge on any atom is 0.00765 e. The van der Waals surface area contributed by atoms with Crippen molar-refractivity contribution in [2.45, 2.75) is 38.6 Å². The van der Waals surface area contributed by atoms with E-state index in [1.807, 2.05) is 13.0 Å². The van der Waals surface area contributed by atoms with Crippen molar-refractivity contribution < 1.29 is 0 Å². The number of rotatable bonds is 0. The Morgan fingerprint density at radius 3 is 3.09 bits per heavy atom. The summed E-state index contributed by atoms with van der Waals surface area (Å²) in [4.78, 5) is 0. The average molecular weight is 149 g/mol. The molecule has 0 heterocycles. The Hall–Kier alpha value is -0.740. The van der Waals surface area contributed by atoms with Gasteiger partial charge in [0.05, 0.1) is 0 Å². The lowest BCUT2D eigenvalue weighted by Gasteiger charge is -2.19. The monoisotopic (exact) mass is 149 g/mol. The van der Waals surface area contributed by atoms with E-state index >= 15 is 0 Å². The van der Waals surface area contributed by atoms with Gasteiger partial charge in [0.2, 0.25) is 0 Å². The third-order valence-corrected chi connectivity index (χ3v) is 2.02. The Balaban J connectivity index is 2.49. The molecule has 1 aliphatic rings. The zero-order valence-electron chi connectivity index (χ0n) is 7.06. The predicted molar refractivity (Wildman–Crippen MR) is 48.0 cm³/mol. The second-order valence-electron chi connectivity index (χ2n) is 3.05. The summed E-state index contributed by atoms with van der Waals surface area (Å²) in [6.07, 6.45) is 6.69. The first kappa shape index (κ1) is 8.36. The van der Waals surface area contributed by atoms with Gasteiger partial charge >= 0.3 is 0 Å². The molecule has 1 atom stereocenters. The van der Waals surface area contributed by atoms with Crippen molar-refractivity contribution in [3.05, 3.63) is 11.6 Å². The van der Waals surface area contributed by atoms with Gasteiger partial charge in [0.25, 0.3) is 0 Å². The highest BCUT2D eigenvalue weighted by molar-refractivity contribution is 5.22. The van der Waals surface area contributed by atoms with Gasteiger partial charge in [0.1, 0.15) is 0 Å². The minimum absolute atomic E-state index is 0.383. The molecule has 0 bridgehead atoms. The molecule has 1 heteroatoms. The fraction of sp³-hybridized carbons (Fsp3) is 0.600. The topological polar surface area (TPSA) is 26.0 Å². The molecule has 1 nitrogen and oxygen atoms in total. The molecule has 1 rings (SSSR count). The van der Waals surface area contributed by atoms with Crippen LogP contribution in [0.25, 0.3) is 0 Å². The molecule has 0 aromatic rings. The van der Waals surface area contributed by atoms with E-state index in [2.05, 4.69) is 11.8 Å². The maximum absolute atomic E-state index is 5.81. The van der Waals surface area contributed by atoms with E-state index in [1.54, 1.807) is 0 Å². The minimum Gasteiger partial charge on any atom is -0.327 e. The highest BCUT2D eigenvalue weighted by Crippen LogP contribution is 2.21. The maximum atomic E-state index is 5.81. The van der Waals surface area contributed by atoms with Crippen LogP contribution in [0.4, 0.5) is 0 Å². The van der Waals surface area contributed by atoms with Crippen LogP contribution in [0.15, 0.2) is 11.6 Å². The molecule has 1 unspecified atom stereocenters. The van der Waals surface area contributed by atoms with Crippen molar-refractivity contribution in [2.75, 3.05) is 0 Å². The predicted octanol–water partition coefficient (Wildman–Crippen LogP) is 1.84. The summed E-state index contributed by atoms with van der Waals surface area (Å²) < 4.78 is 0. The Labute approximate surface area is 68.7 Å². The van der Waals surface area contributed by atoms with Crippen LogP contribution in [0.2, 0.25) is 0 Å². The van der Waals surface area contributed by atoms with E-state index < -0.39 is 0 Å². The Kier molecular flexibility index (Phi) is 3.19. The van der Waals surface area contributed by atoms with Crippen molar-refractivity contribution >= 4 is 0 Å². The van der Waals surface area contributed by atoms with Crippen molar-refractivity contribution in [3.8, 4) is 11.8 Å². The van der Waals surface area contributed by atoms with E-state index in [0.717, 1.165) is 6.42 Å². The number of hydrogen-bond acceptors (Lipinski definition) is 1. The summed E-state index contributed by atoms with van der Waals surface area (Å²) in [6.45, 7) is 1.86. The van der Waals surface area contributed by atoms with Gasteiger partial charge in [-0.05, 0) is 38.7 Å². The van der Waals surface area contributed by atoms with E-state index in [4.69, 9.17) is 5.73 Å². The molecular formula is C10H15N. The van der Waals surface area contributed by atoms with Crippen LogP contribution in [0.1, 0.15) is 32.6 Å². The molecule has 60 valence electrons. The fourth-order valence-electron chi connectivity index (χ4n) is 1.44. The Morgan fingerprint density at radius 2 is 2.45 bits per heavy atom. The molecule has 0 saturated heterocycles. The van der Waals surface area contributed by atoms with Gasteiger partial charge in [0, 0.05) is 6.04 Å². The molecule has 11 heavy (non-hydrogen) atoms. The Bertz CT molecular complexity index is 205. The highest BCUT2D eigenvalue weighted by Gasteiger charge is 2.11. The normalized spacial score (nSPS) is 27.8. The lowest BCUT2D eigenvalue weighted by Crippen LogP contribution is -2.23. The summed E-state index contributed by atoms with van der Waals surface area (Å²) in [6, 6.07) is 0.383. The van der Waals surface area contributed by atoms with Gasteiger partial charge in [0.15, 0.2) is 0 Å². The van der Waals surface area contributed by atoms with Gasteiger partial charge < -0.3 is 5.73 Å². The molecule has 1 aliphatic carbocycles. The zero-order chi connectivity index (χ0) is 8.10. The third kappa shape index (κ3) is 2.78. The van der Waals surface area contributed by atoms with Crippen LogP contribution in [-0.2, 0) is 0 Å². The van der Waals surface area contributed by atoms with Crippen molar-refractivity contribution in [1.29, 1.82) is 0 Å². The van der Waals surface area contributed by atoms with Crippen LogP contribution in [0, 0.1) is 11.8 Å². The van der Waals surface area contributed by atoms with Crippen molar-refractivity contribution in [3.63, 3.8) is 0 Å². The van der Waals surface area contributed by atoms with Crippen LogP contribution in [-0.4, -0.2) is 6.04 Å². The van der Waals surface area contributed by atoms with E-state index in [-0.39, 0.29) is 0 Å². The van der Waals surface area contributed by atoms with Gasteiger partial charge in [-0.15, -0.1) is 5.92 Å². The minimum atomic E-state index is 0.383. The molecular weight excluding hydrogens is 134 g/mol. The Morgan fingerprint density at radius 1 is 1.64 bits per heavy atom. The first-order valence-electron chi connectivity index (χ1n) is 4.18. The largest absolute Gasteiger partial charge is 0.327 e. The number of allylic oxidation sites excluding steroid dienone is 1. The molecule has 0 aromatic heterocycles. The first-order chi connectivity index (χ1) is 5.33. The first-order valence-corrected chi connectivity index (χ1v) is 4.18. The molecule has 0 aliphatic heterocycles. The van der Waals surface area contributed by atoms with Gasteiger partial charge in [-0.25, -0.2) is 0 Å². The summed E-state index contributed by atoms with van der Waals surface area (Å²) in [5.74, 6) is 5.83. The molecule has 1 fully saturated rings.